The molecule has 10 heteroatoms. The van der Waals surface area contributed by atoms with Gasteiger partial charge in [-0.15, -0.1) is 16.4 Å². The molecule has 0 atom stereocenters. The summed E-state index contributed by atoms with van der Waals surface area (Å²) in [7, 11) is -3.45. The number of thiophene rings is 1. The number of nitrogens with zero attached hydrogens (tertiary/aromatic N) is 4. The van der Waals surface area contributed by atoms with E-state index in [0.29, 0.717) is 4.21 Å². The summed E-state index contributed by atoms with van der Waals surface area (Å²) < 4.78 is 31.4. The van der Waals surface area contributed by atoms with Gasteiger partial charge in [0, 0.05) is 42.5 Å². The van der Waals surface area contributed by atoms with Crippen molar-refractivity contribution >= 4 is 48.6 Å². The maximum absolute atomic E-state index is 13.1. The Bertz CT molecular complexity index is 1260. The van der Waals surface area contributed by atoms with Gasteiger partial charge in [-0.3, -0.25) is 0 Å². The highest BCUT2D eigenvalue weighted by atomic mass is 32.2. The van der Waals surface area contributed by atoms with E-state index in [1.54, 1.807) is 18.5 Å². The molecule has 7 nitrogen and oxygen atoms in total. The fourth-order valence-corrected chi connectivity index (χ4v) is 6.88. The van der Waals surface area contributed by atoms with Crippen LogP contribution in [0, 0.1) is 0 Å². The van der Waals surface area contributed by atoms with Gasteiger partial charge in [0.15, 0.2) is 9.84 Å². The zero-order valence-electron chi connectivity index (χ0n) is 16.0. The number of rotatable bonds is 5. The molecule has 4 heterocycles. The molecule has 30 heavy (non-hydrogen) atoms. The molecule has 4 aromatic rings. The topological polar surface area (TPSA) is 88.1 Å². The van der Waals surface area contributed by atoms with Gasteiger partial charge in [-0.05, 0) is 34.8 Å². The lowest BCUT2D eigenvalue weighted by Crippen LogP contribution is -2.43. The molecule has 1 aliphatic rings. The Morgan fingerprint density at radius 3 is 2.63 bits per heavy atom. The second-order valence-electron chi connectivity index (χ2n) is 7.09. The summed E-state index contributed by atoms with van der Waals surface area (Å²) in [6.07, 6.45) is 3.47. The average molecular weight is 458 g/mol. The minimum Gasteiger partial charge on any atom is -0.354 e. The molecule has 0 radical (unpaired) electrons. The van der Waals surface area contributed by atoms with Gasteiger partial charge < -0.3 is 10.2 Å². The van der Waals surface area contributed by atoms with E-state index in [9.17, 15) is 8.42 Å². The highest BCUT2D eigenvalue weighted by molar-refractivity contribution is 7.92. The number of hydrogen-bond donors (Lipinski definition) is 1. The third-order valence-corrected chi connectivity index (χ3v) is 9.15. The first kappa shape index (κ1) is 19.6. The number of sulfone groups is 1. The van der Waals surface area contributed by atoms with Crippen molar-refractivity contribution in [2.24, 2.45) is 0 Å². The van der Waals surface area contributed by atoms with E-state index >= 15 is 0 Å². The average Bonchev–Trinajstić information content (AvgIpc) is 3.45. The van der Waals surface area contributed by atoms with E-state index in [-0.39, 0.29) is 5.75 Å². The van der Waals surface area contributed by atoms with Crippen LogP contribution in [-0.2, 0) is 15.6 Å². The molecule has 0 bridgehead atoms. The van der Waals surface area contributed by atoms with Crippen LogP contribution in [0.25, 0.3) is 20.5 Å². The first-order chi connectivity index (χ1) is 14.6. The van der Waals surface area contributed by atoms with E-state index in [0.717, 1.165) is 58.1 Å². The zero-order chi connectivity index (χ0) is 20.6. The Kier molecular flexibility index (Phi) is 5.23. The molecule has 1 aliphatic heterocycles. The van der Waals surface area contributed by atoms with Gasteiger partial charge in [0.25, 0.3) is 0 Å². The van der Waals surface area contributed by atoms with Crippen molar-refractivity contribution in [3.05, 3.63) is 54.4 Å². The van der Waals surface area contributed by atoms with Crippen LogP contribution in [0.3, 0.4) is 0 Å². The van der Waals surface area contributed by atoms with E-state index in [2.05, 4.69) is 24.8 Å². The molecule has 0 aliphatic carbocycles. The predicted molar refractivity (Wildman–Crippen MR) is 121 cm³/mol. The van der Waals surface area contributed by atoms with Crippen LogP contribution < -0.4 is 10.2 Å². The summed E-state index contributed by atoms with van der Waals surface area (Å²) in [5.41, 5.74) is 1.74. The summed E-state index contributed by atoms with van der Waals surface area (Å²) in [6.45, 7) is 3.54. The number of nitrogens with one attached hydrogen (secondary N) is 1. The van der Waals surface area contributed by atoms with Crippen LogP contribution in [0.5, 0.6) is 0 Å². The van der Waals surface area contributed by atoms with Crippen LogP contribution >= 0.6 is 22.9 Å². The number of benzene rings is 1. The van der Waals surface area contributed by atoms with Crippen molar-refractivity contribution in [2.75, 3.05) is 31.1 Å². The van der Waals surface area contributed by atoms with Crippen molar-refractivity contribution < 1.29 is 8.42 Å². The SMILES string of the molecule is O=S(=O)(Cc1ccc(-c2cnns2)cc1)c1cc2c(N3CCNCC3)nccc2s1. The highest BCUT2D eigenvalue weighted by Crippen LogP contribution is 2.35. The molecule has 154 valence electrons. The third-order valence-electron chi connectivity index (χ3n) is 5.08. The van der Waals surface area contributed by atoms with Crippen molar-refractivity contribution in [2.45, 2.75) is 9.96 Å². The predicted octanol–water partition coefficient (Wildman–Crippen LogP) is 3.20. The summed E-state index contributed by atoms with van der Waals surface area (Å²) in [4.78, 5) is 7.72. The van der Waals surface area contributed by atoms with Gasteiger partial charge in [-0.25, -0.2) is 13.4 Å². The normalized spacial score (nSPS) is 15.0. The van der Waals surface area contributed by atoms with E-state index in [1.165, 1.54) is 22.9 Å². The number of aromatic nitrogens is 3. The lowest BCUT2D eigenvalue weighted by atomic mass is 10.1. The molecule has 0 spiro atoms. The van der Waals surface area contributed by atoms with Gasteiger partial charge >= 0.3 is 0 Å². The minimum absolute atomic E-state index is 0.0303. The molecule has 5 rings (SSSR count). The van der Waals surface area contributed by atoms with Gasteiger partial charge in [0.05, 0.1) is 16.8 Å². The number of piperazine rings is 1. The first-order valence-electron chi connectivity index (χ1n) is 9.54. The van der Waals surface area contributed by atoms with E-state index in [1.807, 2.05) is 30.3 Å². The molecule has 3 aromatic heterocycles. The third kappa shape index (κ3) is 3.83. The Labute approximate surface area is 182 Å². The Morgan fingerprint density at radius 2 is 1.90 bits per heavy atom. The highest BCUT2D eigenvalue weighted by Gasteiger charge is 2.22. The molecule has 1 aromatic carbocycles. The van der Waals surface area contributed by atoms with Crippen LogP contribution in [0.4, 0.5) is 5.82 Å². The molecule has 1 fully saturated rings. The van der Waals surface area contributed by atoms with Crippen LogP contribution in [0.1, 0.15) is 5.56 Å². The van der Waals surface area contributed by atoms with Crippen molar-refractivity contribution in [1.29, 1.82) is 0 Å². The van der Waals surface area contributed by atoms with Gasteiger partial charge in [-0.2, -0.15) is 0 Å². The zero-order valence-corrected chi connectivity index (χ0v) is 18.4. The van der Waals surface area contributed by atoms with Gasteiger partial charge in [0.1, 0.15) is 10.0 Å². The largest absolute Gasteiger partial charge is 0.354 e. The van der Waals surface area contributed by atoms with Crippen LogP contribution in [0.2, 0.25) is 0 Å². The molecule has 0 unspecified atom stereocenters. The summed E-state index contributed by atoms with van der Waals surface area (Å²) in [5, 5.41) is 8.09. The molecular weight excluding hydrogens is 438 g/mol. The lowest BCUT2D eigenvalue weighted by molar-refractivity contribution is 0.586. The maximum Gasteiger partial charge on any atom is 0.191 e. The van der Waals surface area contributed by atoms with E-state index < -0.39 is 9.84 Å². The number of hydrogen-bond acceptors (Lipinski definition) is 9. The molecule has 1 N–H and O–H groups in total. The summed E-state index contributed by atoms with van der Waals surface area (Å²) in [5.74, 6) is 0.839. The van der Waals surface area contributed by atoms with Crippen molar-refractivity contribution in [3.63, 3.8) is 0 Å². The number of fused-ring (bicyclic) bond motifs is 1. The first-order valence-corrected chi connectivity index (χ1v) is 12.8. The molecular formula is C20H19N5O2S3. The monoisotopic (exact) mass is 457 g/mol. The van der Waals surface area contributed by atoms with Gasteiger partial charge in [0.2, 0.25) is 0 Å². The second kappa shape index (κ2) is 8.03. The summed E-state index contributed by atoms with van der Waals surface area (Å²) in [6, 6.07) is 11.2. The molecule has 0 saturated carbocycles. The Hall–Kier alpha value is -2.40. The Morgan fingerprint density at radius 1 is 1.10 bits per heavy atom. The minimum atomic E-state index is -3.45. The standard InChI is InChI=1S/C20H19N5O2S3/c26-30(27,13-14-1-3-15(4-2-14)18-12-23-24-29-18)19-11-16-17(28-19)5-6-22-20(16)25-9-7-21-8-10-25/h1-6,11-12,21H,7-10,13H2. The fraction of sp³-hybridized carbons (Fsp3) is 0.250. The van der Waals surface area contributed by atoms with Crippen molar-refractivity contribution in [3.8, 4) is 10.4 Å². The summed E-state index contributed by atoms with van der Waals surface area (Å²) >= 11 is 2.63. The maximum atomic E-state index is 13.1. The van der Waals surface area contributed by atoms with Crippen LogP contribution in [-0.4, -0.2) is 49.2 Å². The Balaban J connectivity index is 1.42. The second-order valence-corrected chi connectivity index (χ2v) is 11.2. The quantitative estimate of drug-likeness (QED) is 0.492. The van der Waals surface area contributed by atoms with Crippen molar-refractivity contribution in [1.82, 2.24) is 19.9 Å². The van der Waals surface area contributed by atoms with Gasteiger partial charge in [-0.1, -0.05) is 28.8 Å². The fourth-order valence-electron chi connectivity index (χ4n) is 3.56. The number of anilines is 1. The van der Waals surface area contributed by atoms with Crippen LogP contribution in [0.15, 0.2) is 53.0 Å². The molecule has 1 saturated heterocycles. The molecule has 0 amide bonds. The van der Waals surface area contributed by atoms with E-state index in [4.69, 9.17) is 0 Å². The number of pyridine rings is 1. The smallest absolute Gasteiger partial charge is 0.191 e. The lowest BCUT2D eigenvalue weighted by Gasteiger charge is -2.28.